The molecule has 1 amide bonds. The average molecular weight is 309 g/mol. The quantitative estimate of drug-likeness (QED) is 0.865. The van der Waals surface area contributed by atoms with Gasteiger partial charge in [0.1, 0.15) is 5.75 Å². The van der Waals surface area contributed by atoms with Crippen molar-refractivity contribution in [3.63, 3.8) is 0 Å². The van der Waals surface area contributed by atoms with Gasteiger partial charge in [-0.2, -0.15) is 0 Å². The maximum Gasteiger partial charge on any atom is 0.255 e. The summed E-state index contributed by atoms with van der Waals surface area (Å²) < 4.78 is 44.5. The molecule has 2 aromatic carbocycles. The summed E-state index contributed by atoms with van der Waals surface area (Å²) in [4.78, 5) is 12.0. The van der Waals surface area contributed by atoms with Crippen molar-refractivity contribution in [2.45, 2.75) is 13.8 Å². The molecule has 2 rings (SSSR count). The van der Waals surface area contributed by atoms with Crippen LogP contribution in [0, 0.1) is 24.4 Å². The van der Waals surface area contributed by atoms with E-state index in [1.807, 2.05) is 6.92 Å². The minimum absolute atomic E-state index is 0.303. The van der Waals surface area contributed by atoms with Crippen LogP contribution in [-0.4, -0.2) is 12.5 Å². The van der Waals surface area contributed by atoms with Crippen LogP contribution in [0.25, 0.3) is 0 Å². The summed E-state index contributed by atoms with van der Waals surface area (Å²) in [5, 5.41) is 2.49. The number of rotatable bonds is 4. The fraction of sp³-hybridized carbons (Fsp3) is 0.188. The number of carbonyl (C=O) groups is 1. The Morgan fingerprint density at radius 1 is 1.14 bits per heavy atom. The average Bonchev–Trinajstić information content (AvgIpc) is 2.47. The molecule has 0 aromatic heterocycles. The molecule has 0 heterocycles. The van der Waals surface area contributed by atoms with Crippen LogP contribution in [0.1, 0.15) is 22.8 Å². The van der Waals surface area contributed by atoms with Crippen molar-refractivity contribution in [2.24, 2.45) is 0 Å². The van der Waals surface area contributed by atoms with E-state index in [0.29, 0.717) is 30.2 Å². The molecule has 0 spiro atoms. The molecule has 2 aromatic rings. The molecule has 6 heteroatoms. The highest BCUT2D eigenvalue weighted by Gasteiger charge is 2.15. The van der Waals surface area contributed by atoms with Crippen molar-refractivity contribution < 1.29 is 22.7 Å². The van der Waals surface area contributed by atoms with Crippen LogP contribution in [0.15, 0.2) is 30.3 Å². The van der Waals surface area contributed by atoms with E-state index < -0.39 is 23.4 Å². The van der Waals surface area contributed by atoms with E-state index in [2.05, 4.69) is 5.32 Å². The van der Waals surface area contributed by atoms with Crippen LogP contribution in [-0.2, 0) is 0 Å². The van der Waals surface area contributed by atoms with Gasteiger partial charge in [-0.1, -0.05) is 0 Å². The summed E-state index contributed by atoms with van der Waals surface area (Å²) in [5.41, 5.74) is 0.940. The van der Waals surface area contributed by atoms with E-state index in [4.69, 9.17) is 4.74 Å². The Morgan fingerprint density at radius 3 is 2.32 bits per heavy atom. The smallest absolute Gasteiger partial charge is 0.255 e. The van der Waals surface area contributed by atoms with Crippen LogP contribution in [0.3, 0.4) is 0 Å². The predicted molar refractivity (Wildman–Crippen MR) is 76.6 cm³/mol. The minimum Gasteiger partial charge on any atom is -0.494 e. The Kier molecular flexibility index (Phi) is 4.70. The van der Waals surface area contributed by atoms with Crippen molar-refractivity contribution in [1.82, 2.24) is 0 Å². The van der Waals surface area contributed by atoms with Gasteiger partial charge in [-0.05, 0) is 49.7 Å². The normalized spacial score (nSPS) is 10.4. The number of hydrogen-bond acceptors (Lipinski definition) is 2. The maximum absolute atomic E-state index is 13.1. The van der Waals surface area contributed by atoms with Crippen LogP contribution in [0.4, 0.5) is 18.9 Å². The first-order chi connectivity index (χ1) is 10.4. The lowest BCUT2D eigenvalue weighted by Crippen LogP contribution is -2.13. The van der Waals surface area contributed by atoms with Gasteiger partial charge >= 0.3 is 0 Å². The summed E-state index contributed by atoms with van der Waals surface area (Å²) in [6.07, 6.45) is 0. The number of nitrogens with one attached hydrogen (secondary N) is 1. The Morgan fingerprint density at radius 2 is 1.77 bits per heavy atom. The molecule has 116 valence electrons. The van der Waals surface area contributed by atoms with E-state index >= 15 is 0 Å². The topological polar surface area (TPSA) is 38.3 Å². The van der Waals surface area contributed by atoms with Gasteiger partial charge in [-0.3, -0.25) is 4.79 Å². The van der Waals surface area contributed by atoms with Gasteiger partial charge in [0.05, 0.1) is 6.61 Å². The number of aryl methyl sites for hydroxylation is 1. The first kappa shape index (κ1) is 15.9. The second-order valence-electron chi connectivity index (χ2n) is 4.62. The van der Waals surface area contributed by atoms with Crippen molar-refractivity contribution in [2.75, 3.05) is 11.9 Å². The molecular weight excluding hydrogens is 295 g/mol. The van der Waals surface area contributed by atoms with E-state index in [9.17, 15) is 18.0 Å². The highest BCUT2D eigenvalue weighted by molar-refractivity contribution is 6.04. The van der Waals surface area contributed by atoms with E-state index in [-0.39, 0.29) is 5.56 Å². The standard InChI is InChI=1S/C16H14F3NO2/c1-3-22-14-5-4-11(6-9(14)2)20-16(21)10-7-12(17)15(19)13(18)8-10/h4-8H,3H2,1-2H3,(H,20,21). The molecule has 0 aliphatic carbocycles. The molecule has 0 unspecified atom stereocenters. The number of ether oxygens (including phenoxy) is 1. The number of anilines is 1. The lowest BCUT2D eigenvalue weighted by molar-refractivity contribution is 0.102. The number of halogens is 3. The second kappa shape index (κ2) is 6.51. The van der Waals surface area contributed by atoms with Gasteiger partial charge in [-0.15, -0.1) is 0 Å². The largest absolute Gasteiger partial charge is 0.494 e. The van der Waals surface area contributed by atoms with Crippen LogP contribution in [0.2, 0.25) is 0 Å². The van der Waals surface area contributed by atoms with Crippen molar-refractivity contribution in [3.8, 4) is 5.75 Å². The zero-order valence-electron chi connectivity index (χ0n) is 12.0. The molecule has 3 nitrogen and oxygen atoms in total. The Bertz CT molecular complexity index is 694. The van der Waals surface area contributed by atoms with E-state index in [1.165, 1.54) is 0 Å². The zero-order chi connectivity index (χ0) is 16.3. The second-order valence-corrected chi connectivity index (χ2v) is 4.62. The van der Waals surface area contributed by atoms with Gasteiger partial charge in [0, 0.05) is 11.3 Å². The molecule has 1 N–H and O–H groups in total. The molecule has 22 heavy (non-hydrogen) atoms. The van der Waals surface area contributed by atoms with Gasteiger partial charge < -0.3 is 10.1 Å². The third kappa shape index (κ3) is 3.39. The summed E-state index contributed by atoms with van der Waals surface area (Å²) in [5.74, 6) is -4.48. The molecule has 0 atom stereocenters. The van der Waals surface area contributed by atoms with Crippen LogP contribution >= 0.6 is 0 Å². The van der Waals surface area contributed by atoms with E-state index in [0.717, 1.165) is 5.56 Å². The van der Waals surface area contributed by atoms with Crippen molar-refractivity contribution in [3.05, 3.63) is 58.9 Å². The third-order valence-electron chi connectivity index (χ3n) is 2.98. The third-order valence-corrected chi connectivity index (χ3v) is 2.98. The fourth-order valence-corrected chi connectivity index (χ4v) is 1.93. The van der Waals surface area contributed by atoms with E-state index in [1.54, 1.807) is 25.1 Å². The van der Waals surface area contributed by atoms with Crippen molar-refractivity contribution >= 4 is 11.6 Å². The zero-order valence-corrected chi connectivity index (χ0v) is 12.0. The lowest BCUT2D eigenvalue weighted by atomic mass is 10.1. The Balaban J connectivity index is 2.20. The van der Waals surface area contributed by atoms with Crippen LogP contribution < -0.4 is 10.1 Å². The lowest BCUT2D eigenvalue weighted by Gasteiger charge is -2.10. The summed E-state index contributed by atoms with van der Waals surface area (Å²) in [6, 6.07) is 6.25. The highest BCUT2D eigenvalue weighted by atomic mass is 19.2. The first-order valence-electron chi connectivity index (χ1n) is 6.61. The Labute approximate surface area is 125 Å². The highest BCUT2D eigenvalue weighted by Crippen LogP contribution is 2.22. The van der Waals surface area contributed by atoms with Crippen LogP contribution in [0.5, 0.6) is 5.75 Å². The number of amides is 1. The summed E-state index contributed by atoms with van der Waals surface area (Å²) in [7, 11) is 0. The Hall–Kier alpha value is -2.50. The molecule has 0 aliphatic rings. The molecule has 0 fully saturated rings. The van der Waals surface area contributed by atoms with Gasteiger partial charge in [0.2, 0.25) is 0 Å². The molecule has 0 saturated carbocycles. The first-order valence-corrected chi connectivity index (χ1v) is 6.61. The number of benzene rings is 2. The van der Waals surface area contributed by atoms with Gasteiger partial charge in [0.25, 0.3) is 5.91 Å². The maximum atomic E-state index is 13.1. The predicted octanol–water partition coefficient (Wildman–Crippen LogP) is 4.06. The monoisotopic (exact) mass is 309 g/mol. The summed E-state index contributed by atoms with van der Waals surface area (Å²) >= 11 is 0. The van der Waals surface area contributed by atoms with Crippen molar-refractivity contribution in [1.29, 1.82) is 0 Å². The number of hydrogen-bond donors (Lipinski definition) is 1. The summed E-state index contributed by atoms with van der Waals surface area (Å²) in [6.45, 7) is 4.17. The number of carbonyl (C=O) groups excluding carboxylic acids is 1. The van der Waals surface area contributed by atoms with Gasteiger partial charge in [-0.25, -0.2) is 13.2 Å². The van der Waals surface area contributed by atoms with Gasteiger partial charge in [0.15, 0.2) is 17.5 Å². The SMILES string of the molecule is CCOc1ccc(NC(=O)c2cc(F)c(F)c(F)c2)cc1C. The minimum atomic E-state index is -1.60. The molecule has 0 radical (unpaired) electrons. The molecule has 0 bridgehead atoms. The molecular formula is C16H14F3NO2. The fourth-order valence-electron chi connectivity index (χ4n) is 1.93. The molecule has 0 saturated heterocycles. The molecule has 0 aliphatic heterocycles.